The van der Waals surface area contributed by atoms with E-state index in [2.05, 4.69) is 10.5 Å². The van der Waals surface area contributed by atoms with Crippen molar-refractivity contribution < 1.29 is 32.7 Å². The minimum absolute atomic E-state index is 0.0123. The van der Waals surface area contributed by atoms with Crippen LogP contribution in [0.15, 0.2) is 22.7 Å². The number of benzene rings is 1. The first kappa shape index (κ1) is 29.3. The standard InChI is InChI=1S/C28H35F2N5O5/c1-15-24(10-18-8-9-35(13-23(18)30)28(37)38-5)32-27(33-26(15)25-16(2)34-40-17(25)3)21-11-20(6-7-22(21)29)39-14-19(36)12-31-4/h6-7,11,18-19,23,31,36H,8-10,12-14H2,1-5H3/t18-,19+,23-/m1/s1. The molecule has 10 nitrogen and oxygen atoms in total. The third kappa shape index (κ3) is 6.39. The van der Waals surface area contributed by atoms with E-state index in [1.54, 1.807) is 20.9 Å². The van der Waals surface area contributed by atoms with Crippen LogP contribution in [0.1, 0.15) is 29.1 Å². The molecule has 0 aliphatic carbocycles. The summed E-state index contributed by atoms with van der Waals surface area (Å²) in [5, 5.41) is 16.9. The van der Waals surface area contributed by atoms with E-state index in [-0.39, 0.29) is 31.0 Å². The fourth-order valence-corrected chi connectivity index (χ4v) is 4.93. The van der Waals surface area contributed by atoms with E-state index >= 15 is 8.78 Å². The van der Waals surface area contributed by atoms with E-state index in [1.165, 1.54) is 30.2 Å². The van der Waals surface area contributed by atoms with Crippen molar-refractivity contribution in [2.45, 2.75) is 45.9 Å². The van der Waals surface area contributed by atoms with Crippen molar-refractivity contribution in [2.24, 2.45) is 5.92 Å². The first-order chi connectivity index (χ1) is 19.1. The van der Waals surface area contributed by atoms with E-state index in [1.807, 2.05) is 6.92 Å². The minimum atomic E-state index is -1.29. The molecular weight excluding hydrogens is 524 g/mol. The Hall–Kier alpha value is -3.64. The maximum absolute atomic E-state index is 15.2. The number of aryl methyl sites for hydroxylation is 2. The topological polar surface area (TPSA) is 123 Å². The van der Waals surface area contributed by atoms with Gasteiger partial charge in [0, 0.05) is 18.8 Å². The van der Waals surface area contributed by atoms with Crippen LogP contribution in [0.4, 0.5) is 13.6 Å². The largest absolute Gasteiger partial charge is 0.491 e. The Balaban J connectivity index is 1.72. The van der Waals surface area contributed by atoms with Crippen molar-refractivity contribution in [3.05, 3.63) is 46.7 Å². The summed E-state index contributed by atoms with van der Waals surface area (Å²) in [6.07, 6.45) is -1.90. The SMILES string of the molecule is CNC[C@H](O)COc1ccc(F)c(-c2nc(C[C@H]3CCN(C(=O)OC)C[C@H]3F)c(C)c(-c3c(C)noc3C)n2)c1. The van der Waals surface area contributed by atoms with Gasteiger partial charge < -0.3 is 29.3 Å². The number of likely N-dealkylation sites (tertiary alicyclic amines) is 1. The molecule has 0 radical (unpaired) electrons. The summed E-state index contributed by atoms with van der Waals surface area (Å²) in [6, 6.07) is 4.21. The number of aliphatic hydroxyl groups is 1. The van der Waals surface area contributed by atoms with Gasteiger partial charge in [-0.2, -0.15) is 0 Å². The molecule has 4 rings (SSSR count). The zero-order chi connectivity index (χ0) is 29.0. The predicted octanol–water partition coefficient (Wildman–Crippen LogP) is 3.79. The minimum Gasteiger partial charge on any atom is -0.491 e. The van der Waals surface area contributed by atoms with Crippen molar-refractivity contribution in [1.29, 1.82) is 0 Å². The van der Waals surface area contributed by atoms with Gasteiger partial charge in [-0.3, -0.25) is 0 Å². The van der Waals surface area contributed by atoms with E-state index in [9.17, 15) is 9.90 Å². The Labute approximate surface area is 231 Å². The summed E-state index contributed by atoms with van der Waals surface area (Å²) >= 11 is 0. The fraction of sp³-hybridized carbons (Fsp3) is 0.500. The van der Waals surface area contributed by atoms with Gasteiger partial charge in [0.15, 0.2) is 5.82 Å². The lowest BCUT2D eigenvalue weighted by Gasteiger charge is -2.34. The molecule has 0 spiro atoms. The summed E-state index contributed by atoms with van der Waals surface area (Å²) in [5.41, 5.74) is 3.18. The first-order valence-corrected chi connectivity index (χ1v) is 13.2. The number of halogens is 2. The van der Waals surface area contributed by atoms with E-state index in [0.717, 1.165) is 0 Å². The zero-order valence-corrected chi connectivity index (χ0v) is 23.3. The molecule has 2 N–H and O–H groups in total. The van der Waals surface area contributed by atoms with Gasteiger partial charge in [-0.25, -0.2) is 23.5 Å². The molecule has 1 aliphatic heterocycles. The van der Waals surface area contributed by atoms with Gasteiger partial charge in [-0.05, 0) is 70.3 Å². The Morgan fingerprint density at radius 2 is 2.08 bits per heavy atom. The Bertz CT molecular complexity index is 1330. The maximum atomic E-state index is 15.2. The highest BCUT2D eigenvalue weighted by atomic mass is 19.1. The van der Waals surface area contributed by atoms with Crippen LogP contribution in [0.5, 0.6) is 5.75 Å². The number of amides is 1. The van der Waals surface area contributed by atoms with Crippen molar-refractivity contribution in [1.82, 2.24) is 25.3 Å². The summed E-state index contributed by atoms with van der Waals surface area (Å²) in [4.78, 5) is 22.7. The third-order valence-corrected chi connectivity index (χ3v) is 7.14. The van der Waals surface area contributed by atoms with E-state index < -0.39 is 30.1 Å². The molecule has 1 saturated heterocycles. The van der Waals surface area contributed by atoms with Crippen LogP contribution in [-0.2, 0) is 11.2 Å². The number of aromatic nitrogens is 3. The van der Waals surface area contributed by atoms with Crippen molar-refractivity contribution >= 4 is 6.09 Å². The van der Waals surface area contributed by atoms with E-state index in [0.29, 0.717) is 59.2 Å². The van der Waals surface area contributed by atoms with Gasteiger partial charge >= 0.3 is 6.09 Å². The number of hydrogen-bond acceptors (Lipinski definition) is 9. The number of aliphatic hydroxyl groups excluding tert-OH is 1. The summed E-state index contributed by atoms with van der Waals surface area (Å²) in [5.74, 6) is 0.0272. The summed E-state index contributed by atoms with van der Waals surface area (Å²) < 4.78 is 46.2. The van der Waals surface area contributed by atoms with Crippen LogP contribution in [0, 0.1) is 32.5 Å². The van der Waals surface area contributed by atoms with E-state index in [4.69, 9.17) is 24.0 Å². The molecule has 3 atom stereocenters. The molecule has 1 amide bonds. The fourth-order valence-electron chi connectivity index (χ4n) is 4.93. The summed E-state index contributed by atoms with van der Waals surface area (Å²) in [6.45, 7) is 6.04. The third-order valence-electron chi connectivity index (χ3n) is 7.14. The highest BCUT2D eigenvalue weighted by Crippen LogP contribution is 2.35. The van der Waals surface area contributed by atoms with Crippen LogP contribution in [0.3, 0.4) is 0 Å². The number of alkyl halides is 1. The Morgan fingerprint density at radius 3 is 2.73 bits per heavy atom. The summed E-state index contributed by atoms with van der Waals surface area (Å²) in [7, 11) is 2.99. The number of piperidine rings is 1. The molecule has 1 fully saturated rings. The number of nitrogens with one attached hydrogen (secondary N) is 1. The van der Waals surface area contributed by atoms with Gasteiger partial charge in [0.2, 0.25) is 0 Å². The maximum Gasteiger partial charge on any atom is 0.409 e. The number of ether oxygens (including phenoxy) is 2. The number of methoxy groups -OCH3 is 1. The number of nitrogens with zero attached hydrogens (tertiary/aromatic N) is 4. The first-order valence-electron chi connectivity index (χ1n) is 13.2. The number of rotatable bonds is 9. The lowest BCUT2D eigenvalue weighted by Crippen LogP contribution is -2.45. The van der Waals surface area contributed by atoms with Crippen LogP contribution in [0.2, 0.25) is 0 Å². The lowest BCUT2D eigenvalue weighted by molar-refractivity contribution is 0.0657. The number of hydrogen-bond donors (Lipinski definition) is 2. The van der Waals surface area contributed by atoms with Gasteiger partial charge in [0.05, 0.1) is 36.2 Å². The Kier molecular flexibility index (Phi) is 9.31. The van der Waals surface area contributed by atoms with Gasteiger partial charge in [-0.15, -0.1) is 0 Å². The molecule has 0 bridgehead atoms. The van der Waals surface area contributed by atoms with Gasteiger partial charge in [-0.1, -0.05) is 5.16 Å². The molecule has 1 aromatic carbocycles. The molecule has 40 heavy (non-hydrogen) atoms. The average molecular weight is 560 g/mol. The van der Waals surface area contributed by atoms with Crippen molar-refractivity contribution in [3.8, 4) is 28.4 Å². The average Bonchev–Trinajstić information content (AvgIpc) is 3.27. The highest BCUT2D eigenvalue weighted by Gasteiger charge is 2.33. The second kappa shape index (κ2) is 12.7. The molecule has 1 aliphatic rings. The number of carbonyl (C=O) groups excluding carboxylic acids is 1. The Morgan fingerprint density at radius 1 is 1.30 bits per heavy atom. The zero-order valence-electron chi connectivity index (χ0n) is 23.3. The molecule has 3 heterocycles. The van der Waals surface area contributed by atoms with Crippen molar-refractivity contribution in [2.75, 3.05) is 40.4 Å². The van der Waals surface area contributed by atoms with Crippen LogP contribution >= 0.6 is 0 Å². The lowest BCUT2D eigenvalue weighted by atomic mass is 9.88. The van der Waals surface area contributed by atoms with Gasteiger partial charge in [0.1, 0.15) is 36.2 Å². The monoisotopic (exact) mass is 559 g/mol. The second-order valence-corrected chi connectivity index (χ2v) is 10.0. The smallest absolute Gasteiger partial charge is 0.409 e. The van der Waals surface area contributed by atoms with Crippen molar-refractivity contribution in [3.63, 3.8) is 0 Å². The molecule has 2 aromatic heterocycles. The molecule has 3 aromatic rings. The quantitative estimate of drug-likeness (QED) is 0.403. The number of likely N-dealkylation sites (N-methyl/N-ethyl adjacent to an activating group) is 1. The van der Waals surface area contributed by atoms with Crippen LogP contribution in [-0.4, -0.2) is 83.9 Å². The molecule has 0 unspecified atom stereocenters. The van der Waals surface area contributed by atoms with Crippen LogP contribution in [0.25, 0.3) is 22.6 Å². The normalized spacial score (nSPS) is 18.1. The second-order valence-electron chi connectivity index (χ2n) is 10.0. The predicted molar refractivity (Wildman–Crippen MR) is 143 cm³/mol. The molecule has 0 saturated carbocycles. The van der Waals surface area contributed by atoms with Crippen LogP contribution < -0.4 is 10.1 Å². The highest BCUT2D eigenvalue weighted by molar-refractivity contribution is 5.71. The molecular formula is C28H35F2N5O5. The van der Waals surface area contributed by atoms with Gasteiger partial charge in [0.25, 0.3) is 0 Å². The molecule has 12 heteroatoms. The number of carbonyl (C=O) groups is 1. The molecule has 216 valence electrons.